The second kappa shape index (κ2) is 5.77. The monoisotopic (exact) mass is 290 g/mol. The van der Waals surface area contributed by atoms with Crippen LogP contribution in [0.15, 0.2) is 16.5 Å². The first-order valence-corrected chi connectivity index (χ1v) is 7.86. The van der Waals surface area contributed by atoms with Crippen molar-refractivity contribution in [3.05, 3.63) is 17.9 Å². The average molecular weight is 290 g/mol. The van der Waals surface area contributed by atoms with E-state index in [-0.39, 0.29) is 18.7 Å². The molecule has 2 rings (SSSR count). The number of furan rings is 1. The molecule has 6 nitrogen and oxygen atoms in total. The van der Waals surface area contributed by atoms with Gasteiger partial charge in [-0.25, -0.2) is 0 Å². The van der Waals surface area contributed by atoms with Crippen molar-refractivity contribution < 1.29 is 27.5 Å². The summed E-state index contributed by atoms with van der Waals surface area (Å²) < 4.78 is 39.5. The molecule has 0 bridgehead atoms. The molecule has 0 unspecified atom stereocenters. The number of rotatable bonds is 6. The van der Waals surface area contributed by atoms with Crippen molar-refractivity contribution in [2.45, 2.75) is 26.6 Å². The first-order chi connectivity index (χ1) is 9.04. The molecule has 0 aliphatic carbocycles. The standard InChI is InChI=1S/C12H19O6P/c1-4-16-19(13,17-5-2)11-7-6-10(18-11)12(3)14-8-9-15-12/h6-7H,4-5,8-9H2,1-3H3. The Bertz CT molecular complexity index is 453. The molecular formula is C12H19O6P. The van der Waals surface area contributed by atoms with Crippen molar-refractivity contribution in [2.24, 2.45) is 0 Å². The van der Waals surface area contributed by atoms with E-state index < -0.39 is 13.4 Å². The molecule has 0 amide bonds. The van der Waals surface area contributed by atoms with Gasteiger partial charge in [-0.1, -0.05) is 0 Å². The van der Waals surface area contributed by atoms with E-state index in [2.05, 4.69) is 0 Å². The summed E-state index contributed by atoms with van der Waals surface area (Å²) in [7, 11) is -3.40. The molecule has 1 aromatic rings. The Hall–Kier alpha value is -0.650. The Morgan fingerprint density at radius 2 is 1.79 bits per heavy atom. The zero-order chi connectivity index (χ0) is 13.9. The van der Waals surface area contributed by atoms with E-state index in [1.54, 1.807) is 32.9 Å². The lowest BCUT2D eigenvalue weighted by atomic mass is 10.2. The quantitative estimate of drug-likeness (QED) is 0.749. The van der Waals surface area contributed by atoms with Gasteiger partial charge in [-0.3, -0.25) is 4.57 Å². The van der Waals surface area contributed by atoms with Crippen LogP contribution in [0.1, 0.15) is 26.5 Å². The van der Waals surface area contributed by atoms with Crippen LogP contribution >= 0.6 is 7.60 Å². The molecule has 1 fully saturated rings. The molecule has 0 spiro atoms. The second-order valence-electron chi connectivity index (χ2n) is 4.11. The van der Waals surface area contributed by atoms with Crippen LogP contribution in [0.2, 0.25) is 0 Å². The minimum absolute atomic E-state index is 0.173. The van der Waals surface area contributed by atoms with Crippen molar-refractivity contribution >= 4 is 13.1 Å². The Morgan fingerprint density at radius 1 is 1.21 bits per heavy atom. The summed E-state index contributed by atoms with van der Waals surface area (Å²) in [6.07, 6.45) is 0. The second-order valence-corrected chi connectivity index (χ2v) is 6.07. The van der Waals surface area contributed by atoms with Gasteiger partial charge in [0.15, 0.2) is 5.76 Å². The zero-order valence-corrected chi connectivity index (χ0v) is 12.3. The van der Waals surface area contributed by atoms with Crippen LogP contribution in [0.3, 0.4) is 0 Å². The Morgan fingerprint density at radius 3 is 2.32 bits per heavy atom. The minimum atomic E-state index is -3.40. The molecular weight excluding hydrogens is 271 g/mol. The van der Waals surface area contributed by atoms with Crippen LogP contribution in [0, 0.1) is 0 Å². The highest BCUT2D eigenvalue weighted by Crippen LogP contribution is 2.48. The fourth-order valence-corrected chi connectivity index (χ4v) is 3.36. The molecule has 19 heavy (non-hydrogen) atoms. The van der Waals surface area contributed by atoms with Gasteiger partial charge in [0.1, 0.15) is 0 Å². The van der Waals surface area contributed by atoms with E-state index in [9.17, 15) is 4.57 Å². The van der Waals surface area contributed by atoms with Crippen molar-refractivity contribution in [2.75, 3.05) is 26.4 Å². The SMILES string of the molecule is CCOP(=O)(OCC)c1ccc(C2(C)OCCO2)o1. The third kappa shape index (κ3) is 2.93. The first kappa shape index (κ1) is 14.8. The molecule has 0 N–H and O–H groups in total. The van der Waals surface area contributed by atoms with Gasteiger partial charge in [-0.15, -0.1) is 0 Å². The van der Waals surface area contributed by atoms with Crippen molar-refractivity contribution in [3.8, 4) is 0 Å². The van der Waals surface area contributed by atoms with Crippen LogP contribution in [0.25, 0.3) is 0 Å². The largest absolute Gasteiger partial charge is 0.447 e. The molecule has 1 aliphatic rings. The summed E-state index contributed by atoms with van der Waals surface area (Å²) in [5.74, 6) is -0.471. The molecule has 0 aromatic carbocycles. The summed E-state index contributed by atoms with van der Waals surface area (Å²) in [4.78, 5) is 0. The zero-order valence-electron chi connectivity index (χ0n) is 11.4. The summed E-state index contributed by atoms with van der Waals surface area (Å²) in [6, 6.07) is 3.25. The Kier molecular flexibility index (Phi) is 4.48. The molecule has 0 saturated carbocycles. The van der Waals surface area contributed by atoms with E-state index in [0.717, 1.165) is 0 Å². The van der Waals surface area contributed by atoms with E-state index in [1.807, 2.05) is 0 Å². The van der Waals surface area contributed by atoms with E-state index in [4.69, 9.17) is 22.9 Å². The predicted octanol–water partition coefficient (Wildman–Crippen LogP) is 2.39. The maximum absolute atomic E-state index is 12.5. The topological polar surface area (TPSA) is 67.1 Å². The highest BCUT2D eigenvalue weighted by atomic mass is 31.2. The van der Waals surface area contributed by atoms with Crippen LogP contribution in [0.5, 0.6) is 0 Å². The van der Waals surface area contributed by atoms with Crippen molar-refractivity contribution in [1.82, 2.24) is 0 Å². The average Bonchev–Trinajstić information content (AvgIpc) is 2.99. The number of hydrogen-bond donors (Lipinski definition) is 0. The molecule has 108 valence electrons. The highest BCUT2D eigenvalue weighted by molar-refractivity contribution is 7.61. The third-order valence-corrected chi connectivity index (χ3v) is 4.72. The van der Waals surface area contributed by atoms with Gasteiger partial charge < -0.3 is 22.9 Å². The normalized spacial score (nSPS) is 18.9. The Balaban J connectivity index is 2.26. The van der Waals surface area contributed by atoms with Crippen molar-refractivity contribution in [1.29, 1.82) is 0 Å². The first-order valence-electron chi connectivity index (χ1n) is 6.32. The van der Waals surface area contributed by atoms with Gasteiger partial charge in [0, 0.05) is 0 Å². The summed E-state index contributed by atoms with van der Waals surface area (Å²) >= 11 is 0. The molecule has 1 aliphatic heterocycles. The molecule has 0 radical (unpaired) electrons. The Labute approximate surface area is 112 Å². The lowest BCUT2D eigenvalue weighted by molar-refractivity contribution is -0.162. The predicted molar refractivity (Wildman–Crippen MR) is 68.5 cm³/mol. The van der Waals surface area contributed by atoms with Gasteiger partial charge in [-0.2, -0.15) is 0 Å². The lowest BCUT2D eigenvalue weighted by Gasteiger charge is -2.19. The number of hydrogen-bond acceptors (Lipinski definition) is 6. The molecule has 1 aromatic heterocycles. The summed E-state index contributed by atoms with van der Waals surface area (Å²) in [5.41, 5.74) is 0.173. The lowest BCUT2D eigenvalue weighted by Crippen LogP contribution is -2.21. The maximum atomic E-state index is 12.5. The van der Waals surface area contributed by atoms with Crippen molar-refractivity contribution in [3.63, 3.8) is 0 Å². The third-order valence-electron chi connectivity index (χ3n) is 2.75. The fraction of sp³-hybridized carbons (Fsp3) is 0.667. The summed E-state index contributed by atoms with van der Waals surface area (Å²) in [6.45, 7) is 6.81. The smallest absolute Gasteiger partial charge is 0.396 e. The van der Waals surface area contributed by atoms with Gasteiger partial charge in [0.25, 0.3) is 0 Å². The van der Waals surface area contributed by atoms with Gasteiger partial charge >= 0.3 is 7.60 Å². The van der Waals surface area contributed by atoms with Crippen LogP contribution in [-0.2, 0) is 28.9 Å². The van der Waals surface area contributed by atoms with Gasteiger partial charge in [-0.05, 0) is 32.9 Å². The molecule has 7 heteroatoms. The molecule has 0 atom stereocenters. The van der Waals surface area contributed by atoms with Crippen LogP contribution in [-0.4, -0.2) is 26.4 Å². The highest BCUT2D eigenvalue weighted by Gasteiger charge is 2.39. The maximum Gasteiger partial charge on any atom is 0.396 e. The van der Waals surface area contributed by atoms with Crippen LogP contribution in [0.4, 0.5) is 0 Å². The van der Waals surface area contributed by atoms with E-state index in [0.29, 0.717) is 19.0 Å². The van der Waals surface area contributed by atoms with Gasteiger partial charge in [0.2, 0.25) is 11.3 Å². The van der Waals surface area contributed by atoms with Crippen LogP contribution < -0.4 is 5.50 Å². The molecule has 2 heterocycles. The van der Waals surface area contributed by atoms with E-state index in [1.165, 1.54) is 0 Å². The molecule has 1 saturated heterocycles. The summed E-state index contributed by atoms with van der Waals surface area (Å²) in [5, 5.41) is 0. The number of ether oxygens (including phenoxy) is 2. The minimum Gasteiger partial charge on any atom is -0.447 e. The fourth-order valence-electron chi connectivity index (χ4n) is 1.88. The van der Waals surface area contributed by atoms with E-state index >= 15 is 0 Å². The van der Waals surface area contributed by atoms with Gasteiger partial charge in [0.05, 0.1) is 26.4 Å².